The third kappa shape index (κ3) is 13.2. The van der Waals surface area contributed by atoms with Gasteiger partial charge in [-0.05, 0) is 53.8 Å². The molecule has 3 aromatic carbocycles. The number of carbonyl (C=O) groups excluding carboxylic acids is 2. The zero-order valence-electron chi connectivity index (χ0n) is 25.2. The lowest BCUT2D eigenvalue weighted by Gasteiger charge is -2.11. The Balaban J connectivity index is 1.30. The molecule has 226 valence electrons. The van der Waals surface area contributed by atoms with E-state index in [2.05, 4.69) is 6.92 Å². The van der Waals surface area contributed by atoms with Gasteiger partial charge in [-0.15, -0.1) is 11.6 Å². The Morgan fingerprint density at radius 2 is 1.19 bits per heavy atom. The van der Waals surface area contributed by atoms with E-state index >= 15 is 0 Å². The number of alkyl halides is 1. The molecule has 3 aromatic rings. The van der Waals surface area contributed by atoms with Crippen LogP contribution in [0.5, 0.6) is 5.75 Å². The van der Waals surface area contributed by atoms with Gasteiger partial charge in [0.25, 0.3) is 0 Å². The van der Waals surface area contributed by atoms with Gasteiger partial charge in [-0.1, -0.05) is 132 Å². The van der Waals surface area contributed by atoms with Crippen LogP contribution >= 0.6 is 11.6 Å². The first-order chi connectivity index (χ1) is 20.5. The van der Waals surface area contributed by atoms with Crippen LogP contribution in [-0.4, -0.2) is 23.9 Å². The van der Waals surface area contributed by atoms with Crippen LogP contribution in [0.15, 0.2) is 78.9 Å². The van der Waals surface area contributed by atoms with Crippen molar-refractivity contribution in [3.63, 3.8) is 0 Å². The van der Waals surface area contributed by atoms with Gasteiger partial charge in [0.2, 0.25) is 0 Å². The number of ether oxygens (including phenoxy) is 2. The second kappa shape index (κ2) is 19.9. The van der Waals surface area contributed by atoms with Gasteiger partial charge in [0.05, 0.1) is 10.9 Å². The maximum Gasteiger partial charge on any atom is 0.338 e. The molecule has 0 spiro atoms. The van der Waals surface area contributed by atoms with Crippen LogP contribution in [0.4, 0.5) is 0 Å². The van der Waals surface area contributed by atoms with Crippen LogP contribution in [0.2, 0.25) is 0 Å². The van der Waals surface area contributed by atoms with Crippen molar-refractivity contribution >= 4 is 23.5 Å². The number of carbonyl (C=O) groups is 2. The van der Waals surface area contributed by atoms with E-state index in [0.717, 1.165) is 29.5 Å². The van der Waals surface area contributed by atoms with Crippen molar-refractivity contribution in [1.29, 1.82) is 0 Å². The van der Waals surface area contributed by atoms with Gasteiger partial charge in [-0.25, -0.2) is 4.79 Å². The summed E-state index contributed by atoms with van der Waals surface area (Å²) in [6.45, 7) is 2.41. The molecule has 42 heavy (non-hydrogen) atoms. The molecule has 0 bridgehead atoms. The van der Waals surface area contributed by atoms with Gasteiger partial charge in [0, 0.05) is 6.42 Å². The summed E-state index contributed by atoms with van der Waals surface area (Å²) in [7, 11) is 0. The second-order valence-corrected chi connectivity index (χ2v) is 11.7. The SMILES string of the molecule is CCCCCCCCCCCCCCC(=O)Oc1ccc(-c2ccc(C(=O)OCC(Cl)Cc3ccccc3)cc2)cc1. The molecule has 0 fully saturated rings. The predicted molar refractivity (Wildman–Crippen MR) is 173 cm³/mol. The summed E-state index contributed by atoms with van der Waals surface area (Å²) in [5.41, 5.74) is 3.52. The molecule has 0 saturated carbocycles. The number of hydrogen-bond acceptors (Lipinski definition) is 4. The molecule has 0 aliphatic rings. The lowest BCUT2D eigenvalue weighted by Crippen LogP contribution is -2.16. The number of halogens is 1. The number of hydrogen-bond donors (Lipinski definition) is 0. The molecule has 1 unspecified atom stereocenters. The van der Waals surface area contributed by atoms with E-state index in [1.165, 1.54) is 64.2 Å². The Labute approximate surface area is 257 Å². The van der Waals surface area contributed by atoms with Crippen LogP contribution in [0.25, 0.3) is 11.1 Å². The smallest absolute Gasteiger partial charge is 0.338 e. The van der Waals surface area contributed by atoms with Crippen molar-refractivity contribution in [2.24, 2.45) is 0 Å². The molecule has 0 aromatic heterocycles. The minimum Gasteiger partial charge on any atom is -0.461 e. The molecule has 0 radical (unpaired) electrons. The fourth-order valence-electron chi connectivity index (χ4n) is 4.99. The summed E-state index contributed by atoms with van der Waals surface area (Å²) in [5.74, 6) is -0.0228. The minimum absolute atomic E-state index is 0.149. The monoisotopic (exact) mass is 590 g/mol. The van der Waals surface area contributed by atoms with Gasteiger partial charge in [0.15, 0.2) is 0 Å². The average Bonchev–Trinajstić information content (AvgIpc) is 3.01. The maximum atomic E-state index is 12.5. The summed E-state index contributed by atoms with van der Waals surface area (Å²) in [6.07, 6.45) is 16.3. The lowest BCUT2D eigenvalue weighted by atomic mass is 10.0. The number of unbranched alkanes of at least 4 members (excludes halogenated alkanes) is 11. The van der Waals surface area contributed by atoms with Crippen molar-refractivity contribution < 1.29 is 19.1 Å². The molecular weight excluding hydrogens is 544 g/mol. The highest BCUT2D eigenvalue weighted by atomic mass is 35.5. The first kappa shape index (κ1) is 33.4. The molecule has 4 nitrogen and oxygen atoms in total. The zero-order valence-corrected chi connectivity index (χ0v) is 26.0. The average molecular weight is 591 g/mol. The van der Waals surface area contributed by atoms with E-state index in [-0.39, 0.29) is 18.0 Å². The minimum atomic E-state index is -0.393. The van der Waals surface area contributed by atoms with Gasteiger partial charge in [-0.3, -0.25) is 4.79 Å². The van der Waals surface area contributed by atoms with E-state index in [9.17, 15) is 9.59 Å². The fraction of sp³-hybridized carbons (Fsp3) is 0.459. The van der Waals surface area contributed by atoms with E-state index in [1.54, 1.807) is 12.1 Å². The lowest BCUT2D eigenvalue weighted by molar-refractivity contribution is -0.134. The first-order valence-corrected chi connectivity index (χ1v) is 16.2. The van der Waals surface area contributed by atoms with Gasteiger partial charge >= 0.3 is 11.9 Å². The van der Waals surface area contributed by atoms with Gasteiger partial charge < -0.3 is 9.47 Å². The first-order valence-electron chi connectivity index (χ1n) is 15.8. The number of esters is 2. The highest BCUT2D eigenvalue weighted by Crippen LogP contribution is 2.24. The van der Waals surface area contributed by atoms with Gasteiger partial charge in [0.1, 0.15) is 12.4 Å². The molecule has 0 aliphatic heterocycles. The molecular formula is C37H47ClO4. The molecule has 0 aliphatic carbocycles. The molecule has 0 amide bonds. The highest BCUT2D eigenvalue weighted by Gasteiger charge is 2.13. The second-order valence-electron chi connectivity index (χ2n) is 11.1. The summed E-state index contributed by atoms with van der Waals surface area (Å²) in [6, 6.07) is 24.6. The largest absolute Gasteiger partial charge is 0.461 e. The number of benzene rings is 3. The van der Waals surface area contributed by atoms with Crippen molar-refractivity contribution in [2.45, 2.75) is 102 Å². The maximum absolute atomic E-state index is 12.5. The van der Waals surface area contributed by atoms with Crippen molar-refractivity contribution in [3.05, 3.63) is 90.0 Å². The van der Waals surface area contributed by atoms with Crippen LogP contribution < -0.4 is 4.74 Å². The van der Waals surface area contributed by atoms with Crippen molar-refractivity contribution in [3.8, 4) is 16.9 Å². The van der Waals surface area contributed by atoms with Crippen LogP contribution in [0.1, 0.15) is 106 Å². The van der Waals surface area contributed by atoms with Crippen LogP contribution in [0.3, 0.4) is 0 Å². The summed E-state index contributed by atoms with van der Waals surface area (Å²) in [5, 5.41) is -0.284. The topological polar surface area (TPSA) is 52.6 Å². The predicted octanol–water partition coefficient (Wildman–Crippen LogP) is 10.4. The zero-order chi connectivity index (χ0) is 29.8. The van der Waals surface area contributed by atoms with E-state index < -0.39 is 5.97 Å². The third-order valence-electron chi connectivity index (χ3n) is 7.47. The molecule has 1 atom stereocenters. The van der Waals surface area contributed by atoms with E-state index in [1.807, 2.05) is 66.7 Å². The quantitative estimate of drug-likeness (QED) is 0.0568. The van der Waals surface area contributed by atoms with Crippen LogP contribution in [0, 0.1) is 0 Å². The van der Waals surface area contributed by atoms with E-state index in [0.29, 0.717) is 24.2 Å². The molecule has 3 rings (SSSR count). The summed E-state index contributed by atoms with van der Waals surface area (Å²) in [4.78, 5) is 24.7. The summed E-state index contributed by atoms with van der Waals surface area (Å²) < 4.78 is 10.9. The summed E-state index contributed by atoms with van der Waals surface area (Å²) >= 11 is 6.36. The molecule has 5 heteroatoms. The highest BCUT2D eigenvalue weighted by molar-refractivity contribution is 6.20. The third-order valence-corrected chi connectivity index (χ3v) is 7.75. The van der Waals surface area contributed by atoms with Crippen molar-refractivity contribution in [2.75, 3.05) is 6.61 Å². The molecule has 0 saturated heterocycles. The van der Waals surface area contributed by atoms with Gasteiger partial charge in [-0.2, -0.15) is 0 Å². The van der Waals surface area contributed by atoms with E-state index in [4.69, 9.17) is 21.1 Å². The Morgan fingerprint density at radius 3 is 1.76 bits per heavy atom. The molecule has 0 N–H and O–H groups in total. The Hall–Kier alpha value is -3.11. The normalized spacial score (nSPS) is 11.7. The number of rotatable bonds is 20. The Kier molecular flexibility index (Phi) is 15.8. The van der Waals surface area contributed by atoms with Crippen LogP contribution in [-0.2, 0) is 16.0 Å². The molecule has 0 heterocycles. The Bertz CT molecular complexity index is 1160. The standard InChI is InChI=1S/C37H47ClO4/c1-2-3-4-5-6-7-8-9-10-11-12-16-19-36(39)42-35-26-24-32(25-27-35)31-20-22-33(23-21-31)37(40)41-29-34(38)28-30-17-14-13-15-18-30/h13-15,17-18,20-27,34H,2-12,16,19,28-29H2,1H3. The fourth-order valence-corrected chi connectivity index (χ4v) is 5.23. The van der Waals surface area contributed by atoms with Crippen molar-refractivity contribution in [1.82, 2.24) is 0 Å². The Morgan fingerprint density at radius 1 is 0.667 bits per heavy atom.